The van der Waals surface area contributed by atoms with Crippen LogP contribution in [0, 0.1) is 20.8 Å². The minimum atomic E-state index is 0.563. The lowest BCUT2D eigenvalue weighted by Gasteiger charge is -2.08. The first kappa shape index (κ1) is 21.8. The van der Waals surface area contributed by atoms with Gasteiger partial charge in [-0.1, -0.05) is 12.1 Å². The highest BCUT2D eigenvalue weighted by Gasteiger charge is 2.12. The summed E-state index contributed by atoms with van der Waals surface area (Å²) in [5.74, 6) is 1.43. The van der Waals surface area contributed by atoms with Gasteiger partial charge in [-0.25, -0.2) is 15.0 Å². The van der Waals surface area contributed by atoms with E-state index in [9.17, 15) is 0 Å². The Balaban J connectivity index is 1.48. The summed E-state index contributed by atoms with van der Waals surface area (Å²) in [5.41, 5.74) is 6.21. The predicted octanol–water partition coefficient (Wildman–Crippen LogP) is 6.28. The molecule has 2 N–H and O–H groups in total. The lowest BCUT2D eigenvalue weighted by Crippen LogP contribution is -1.99. The SMILES string of the molecule is CCOc1cccc(NCc2sc(-c3ccnc(Nc4cc(C)cc(C)c4)n3)nc2C)c1. The van der Waals surface area contributed by atoms with E-state index in [0.717, 1.165) is 33.5 Å². The minimum Gasteiger partial charge on any atom is -0.494 e. The van der Waals surface area contributed by atoms with Gasteiger partial charge in [0.15, 0.2) is 0 Å². The van der Waals surface area contributed by atoms with Crippen molar-refractivity contribution in [3.8, 4) is 16.5 Å². The summed E-state index contributed by atoms with van der Waals surface area (Å²) in [6.07, 6.45) is 1.77. The number of thiazole rings is 1. The Bertz CT molecular complexity index is 1200. The maximum absolute atomic E-state index is 5.58. The molecule has 2 heterocycles. The molecule has 0 aliphatic carbocycles. The summed E-state index contributed by atoms with van der Waals surface area (Å²) < 4.78 is 5.58. The quantitative estimate of drug-likeness (QED) is 0.333. The number of ether oxygens (including phenoxy) is 1. The van der Waals surface area contributed by atoms with Gasteiger partial charge in [0.2, 0.25) is 5.95 Å². The zero-order valence-electron chi connectivity index (χ0n) is 18.8. The molecule has 2 aromatic heterocycles. The summed E-state index contributed by atoms with van der Waals surface area (Å²) in [4.78, 5) is 15.0. The summed E-state index contributed by atoms with van der Waals surface area (Å²) in [7, 11) is 0. The first-order chi connectivity index (χ1) is 15.5. The largest absolute Gasteiger partial charge is 0.494 e. The van der Waals surface area contributed by atoms with E-state index in [1.54, 1.807) is 17.5 Å². The van der Waals surface area contributed by atoms with Gasteiger partial charge in [-0.15, -0.1) is 11.3 Å². The van der Waals surface area contributed by atoms with Gasteiger partial charge in [0.1, 0.15) is 16.5 Å². The smallest absolute Gasteiger partial charge is 0.227 e. The van der Waals surface area contributed by atoms with Crippen LogP contribution in [-0.4, -0.2) is 21.6 Å². The van der Waals surface area contributed by atoms with E-state index in [2.05, 4.69) is 47.7 Å². The molecular weight excluding hydrogens is 418 g/mol. The average Bonchev–Trinajstić information content (AvgIpc) is 3.13. The zero-order chi connectivity index (χ0) is 22.5. The van der Waals surface area contributed by atoms with Crippen molar-refractivity contribution in [1.82, 2.24) is 15.0 Å². The lowest BCUT2D eigenvalue weighted by molar-refractivity contribution is 0.340. The van der Waals surface area contributed by atoms with Crippen molar-refractivity contribution in [3.05, 3.63) is 76.4 Å². The van der Waals surface area contributed by atoms with E-state index < -0.39 is 0 Å². The first-order valence-electron chi connectivity index (χ1n) is 10.6. The Morgan fingerprint density at radius 2 is 1.75 bits per heavy atom. The van der Waals surface area contributed by atoms with Gasteiger partial charge >= 0.3 is 0 Å². The molecule has 7 heteroatoms. The van der Waals surface area contributed by atoms with Crippen LogP contribution in [0.4, 0.5) is 17.3 Å². The number of anilines is 3. The van der Waals surface area contributed by atoms with Gasteiger partial charge < -0.3 is 15.4 Å². The molecule has 0 amide bonds. The van der Waals surface area contributed by atoms with Crippen molar-refractivity contribution < 1.29 is 4.74 Å². The Kier molecular flexibility index (Phi) is 6.66. The molecule has 4 rings (SSSR count). The fourth-order valence-corrected chi connectivity index (χ4v) is 4.43. The maximum atomic E-state index is 5.58. The molecule has 0 fully saturated rings. The summed E-state index contributed by atoms with van der Waals surface area (Å²) in [6, 6.07) is 16.2. The molecule has 0 radical (unpaired) electrons. The van der Waals surface area contributed by atoms with E-state index in [4.69, 9.17) is 14.7 Å². The normalized spacial score (nSPS) is 10.8. The monoisotopic (exact) mass is 445 g/mol. The number of aryl methyl sites for hydroxylation is 3. The number of benzene rings is 2. The molecule has 0 saturated heterocycles. The van der Waals surface area contributed by atoms with Crippen LogP contribution < -0.4 is 15.4 Å². The van der Waals surface area contributed by atoms with Crippen LogP contribution in [0.15, 0.2) is 54.7 Å². The van der Waals surface area contributed by atoms with Crippen LogP contribution >= 0.6 is 11.3 Å². The Morgan fingerprint density at radius 1 is 0.938 bits per heavy atom. The van der Waals surface area contributed by atoms with Gasteiger partial charge in [-0.3, -0.25) is 0 Å². The zero-order valence-corrected chi connectivity index (χ0v) is 19.6. The number of hydrogen-bond acceptors (Lipinski definition) is 7. The molecule has 0 aliphatic heterocycles. The fraction of sp³-hybridized carbons (Fsp3) is 0.240. The number of aromatic nitrogens is 3. The Hall–Kier alpha value is -3.45. The second kappa shape index (κ2) is 9.78. The Morgan fingerprint density at radius 3 is 2.53 bits per heavy atom. The fourth-order valence-electron chi connectivity index (χ4n) is 3.46. The number of rotatable bonds is 8. The van der Waals surface area contributed by atoms with Crippen LogP contribution in [0.3, 0.4) is 0 Å². The molecule has 164 valence electrons. The van der Waals surface area contributed by atoms with E-state index in [0.29, 0.717) is 19.1 Å². The van der Waals surface area contributed by atoms with Crippen LogP contribution in [0.5, 0.6) is 5.75 Å². The Labute approximate surface area is 192 Å². The van der Waals surface area contributed by atoms with Crippen molar-refractivity contribution in [2.45, 2.75) is 34.2 Å². The highest BCUT2D eigenvalue weighted by Crippen LogP contribution is 2.28. The summed E-state index contributed by atoms with van der Waals surface area (Å²) >= 11 is 1.64. The van der Waals surface area contributed by atoms with Crippen molar-refractivity contribution >= 4 is 28.7 Å². The maximum Gasteiger partial charge on any atom is 0.227 e. The van der Waals surface area contributed by atoms with Gasteiger partial charge in [-0.2, -0.15) is 0 Å². The third-order valence-electron chi connectivity index (χ3n) is 4.84. The second-order valence-electron chi connectivity index (χ2n) is 7.61. The van der Waals surface area contributed by atoms with Crippen LogP contribution in [0.25, 0.3) is 10.7 Å². The number of hydrogen-bond donors (Lipinski definition) is 2. The third-order valence-corrected chi connectivity index (χ3v) is 6.02. The minimum absolute atomic E-state index is 0.563. The molecule has 0 unspecified atom stereocenters. The molecule has 0 saturated carbocycles. The topological polar surface area (TPSA) is 72.0 Å². The van der Waals surface area contributed by atoms with Gasteiger partial charge in [-0.05, 0) is 69.2 Å². The molecule has 0 atom stereocenters. The summed E-state index contributed by atoms with van der Waals surface area (Å²) in [5, 5.41) is 7.66. The molecular formula is C25H27N5OS. The molecule has 4 aromatic rings. The van der Waals surface area contributed by atoms with Crippen LogP contribution in [0.2, 0.25) is 0 Å². The number of nitrogens with zero attached hydrogens (tertiary/aromatic N) is 3. The van der Waals surface area contributed by atoms with E-state index >= 15 is 0 Å². The van der Waals surface area contributed by atoms with Crippen LogP contribution in [-0.2, 0) is 6.54 Å². The molecule has 0 bridgehead atoms. The molecule has 32 heavy (non-hydrogen) atoms. The van der Waals surface area contributed by atoms with E-state index in [-0.39, 0.29) is 0 Å². The average molecular weight is 446 g/mol. The molecule has 2 aromatic carbocycles. The lowest BCUT2D eigenvalue weighted by atomic mass is 10.1. The molecule has 6 nitrogen and oxygen atoms in total. The highest BCUT2D eigenvalue weighted by molar-refractivity contribution is 7.15. The van der Waals surface area contributed by atoms with Crippen LogP contribution in [0.1, 0.15) is 28.6 Å². The van der Waals surface area contributed by atoms with Gasteiger partial charge in [0.05, 0.1) is 18.8 Å². The van der Waals surface area contributed by atoms with Crippen molar-refractivity contribution in [1.29, 1.82) is 0 Å². The van der Waals surface area contributed by atoms with E-state index in [1.165, 1.54) is 16.0 Å². The van der Waals surface area contributed by atoms with Gasteiger partial charge in [0.25, 0.3) is 0 Å². The van der Waals surface area contributed by atoms with Crippen molar-refractivity contribution in [2.75, 3.05) is 17.2 Å². The van der Waals surface area contributed by atoms with Gasteiger partial charge in [0, 0.05) is 28.5 Å². The number of nitrogens with one attached hydrogen (secondary N) is 2. The first-order valence-corrected chi connectivity index (χ1v) is 11.4. The van der Waals surface area contributed by atoms with E-state index in [1.807, 2.05) is 44.2 Å². The molecule has 0 aliphatic rings. The third kappa shape index (κ3) is 5.42. The second-order valence-corrected chi connectivity index (χ2v) is 8.69. The predicted molar refractivity (Wildman–Crippen MR) is 132 cm³/mol. The van der Waals surface area contributed by atoms with Crippen molar-refractivity contribution in [2.24, 2.45) is 0 Å². The molecule has 0 spiro atoms. The summed E-state index contributed by atoms with van der Waals surface area (Å²) in [6.45, 7) is 9.52. The highest BCUT2D eigenvalue weighted by atomic mass is 32.1. The standard InChI is InChI=1S/C25H27N5OS/c1-5-31-21-8-6-7-19(14-21)27-15-23-18(4)28-24(32-23)22-9-10-26-25(30-22)29-20-12-16(2)11-17(3)13-20/h6-14,27H,5,15H2,1-4H3,(H,26,29,30). The van der Waals surface area contributed by atoms with Crippen molar-refractivity contribution in [3.63, 3.8) is 0 Å².